The summed E-state index contributed by atoms with van der Waals surface area (Å²) in [7, 11) is 1.50. The number of nitrogens with one attached hydrogen (secondary N) is 2. The van der Waals surface area contributed by atoms with Gasteiger partial charge in [-0.1, -0.05) is 30.3 Å². The average Bonchev–Trinajstić information content (AvgIpc) is 3.49. The molecule has 2 aromatic carbocycles. The second-order valence-electron chi connectivity index (χ2n) is 10.3. The van der Waals surface area contributed by atoms with E-state index in [2.05, 4.69) is 20.6 Å². The molecule has 1 aliphatic heterocycles. The number of rotatable bonds is 8. The lowest BCUT2D eigenvalue weighted by molar-refractivity contribution is -0.140. The van der Waals surface area contributed by atoms with Gasteiger partial charge in [0.05, 0.1) is 30.2 Å². The first-order valence-corrected chi connectivity index (χ1v) is 13.7. The van der Waals surface area contributed by atoms with Crippen LogP contribution in [0.3, 0.4) is 0 Å². The molecule has 0 aliphatic carbocycles. The van der Waals surface area contributed by atoms with Crippen LogP contribution >= 0.6 is 0 Å². The highest BCUT2D eigenvalue weighted by atomic mass is 19.4. The van der Waals surface area contributed by atoms with Crippen molar-refractivity contribution in [1.29, 1.82) is 0 Å². The largest absolute Gasteiger partial charge is 0.482 e. The first kappa shape index (κ1) is 30.7. The molecule has 14 heteroatoms. The van der Waals surface area contributed by atoms with Crippen molar-refractivity contribution in [1.82, 2.24) is 14.5 Å². The fourth-order valence-corrected chi connectivity index (χ4v) is 4.79. The summed E-state index contributed by atoms with van der Waals surface area (Å²) in [6.07, 6.45) is -5.81. The highest BCUT2D eigenvalue weighted by Gasteiger charge is 2.36. The molecular formula is C30H29F4N5O5. The van der Waals surface area contributed by atoms with Crippen molar-refractivity contribution >= 4 is 28.6 Å². The summed E-state index contributed by atoms with van der Waals surface area (Å²) in [4.78, 5) is 34.1. The quantitative estimate of drug-likeness (QED) is 0.236. The maximum Gasteiger partial charge on any atom is 0.419 e. The second-order valence-corrected chi connectivity index (χ2v) is 10.3. The number of amides is 1. The summed E-state index contributed by atoms with van der Waals surface area (Å²) in [6, 6.07) is 10.6. The molecule has 2 N–H and O–H groups in total. The maximum atomic E-state index is 15.4. The van der Waals surface area contributed by atoms with Gasteiger partial charge in [0.15, 0.2) is 5.75 Å². The molecule has 2 atom stereocenters. The topological polar surface area (TPSA) is 117 Å². The van der Waals surface area contributed by atoms with Crippen molar-refractivity contribution in [3.05, 3.63) is 87.2 Å². The molecular weight excluding hydrogens is 586 g/mol. The third-order valence-electron chi connectivity index (χ3n) is 7.01. The second kappa shape index (κ2) is 12.5. The smallest absolute Gasteiger partial charge is 0.419 e. The number of carbonyl (C=O) groups excluding carboxylic acids is 1. The lowest BCUT2D eigenvalue weighted by Gasteiger charge is -2.21. The van der Waals surface area contributed by atoms with Gasteiger partial charge in [-0.3, -0.25) is 14.7 Å². The molecule has 5 rings (SSSR count). The third kappa shape index (κ3) is 6.75. The molecule has 0 unspecified atom stereocenters. The van der Waals surface area contributed by atoms with Crippen molar-refractivity contribution in [2.75, 3.05) is 23.8 Å². The van der Waals surface area contributed by atoms with Gasteiger partial charge >= 0.3 is 12.3 Å². The van der Waals surface area contributed by atoms with Gasteiger partial charge in [-0.05, 0) is 31.5 Å². The lowest BCUT2D eigenvalue weighted by atomic mass is 10.0. The molecule has 1 amide bonds. The van der Waals surface area contributed by atoms with E-state index < -0.39 is 40.8 Å². The number of halogens is 4. The van der Waals surface area contributed by atoms with E-state index in [1.807, 2.05) is 0 Å². The van der Waals surface area contributed by atoms with Crippen LogP contribution in [-0.4, -0.2) is 39.9 Å². The van der Waals surface area contributed by atoms with Gasteiger partial charge in [-0.2, -0.15) is 13.2 Å². The number of benzene rings is 2. The molecule has 1 aliphatic rings. The van der Waals surface area contributed by atoms with Crippen molar-refractivity contribution in [2.24, 2.45) is 7.05 Å². The fourth-order valence-electron chi connectivity index (χ4n) is 4.79. The van der Waals surface area contributed by atoms with Crippen molar-refractivity contribution < 1.29 is 36.6 Å². The zero-order valence-electron chi connectivity index (χ0n) is 24.0. The van der Waals surface area contributed by atoms with Crippen molar-refractivity contribution in [2.45, 2.75) is 45.2 Å². The van der Waals surface area contributed by atoms with Gasteiger partial charge in [0, 0.05) is 30.8 Å². The van der Waals surface area contributed by atoms with Gasteiger partial charge in [0.2, 0.25) is 0 Å². The number of nitrogens with zero attached hydrogens (tertiary/aromatic N) is 3. The van der Waals surface area contributed by atoms with Crippen LogP contribution in [0, 0.1) is 12.7 Å². The molecule has 0 spiro atoms. The van der Waals surface area contributed by atoms with E-state index in [9.17, 15) is 22.8 Å². The minimum absolute atomic E-state index is 0.0180. The zero-order valence-corrected chi connectivity index (χ0v) is 24.0. The first-order chi connectivity index (χ1) is 20.9. The molecule has 2 aromatic heterocycles. The van der Waals surface area contributed by atoms with Crippen LogP contribution in [0.5, 0.6) is 5.75 Å². The van der Waals surface area contributed by atoms with Gasteiger partial charge in [0.1, 0.15) is 35.8 Å². The Labute approximate surface area is 249 Å². The summed E-state index contributed by atoms with van der Waals surface area (Å²) in [6.45, 7) is 3.71. The Morgan fingerprint density at radius 3 is 2.61 bits per heavy atom. The summed E-state index contributed by atoms with van der Waals surface area (Å²) < 4.78 is 74.6. The number of hydrogen-bond donors (Lipinski definition) is 2. The number of ether oxygens (including phenoxy) is 3. The molecule has 232 valence electrons. The van der Waals surface area contributed by atoms with E-state index in [0.717, 1.165) is 6.07 Å². The van der Waals surface area contributed by atoms with Crippen LogP contribution in [0.15, 0.2) is 53.3 Å². The van der Waals surface area contributed by atoms with Crippen LogP contribution < -0.4 is 20.9 Å². The summed E-state index contributed by atoms with van der Waals surface area (Å²) in [5.74, 6) is -1.11. The highest BCUT2D eigenvalue weighted by Crippen LogP contribution is 2.37. The van der Waals surface area contributed by atoms with Gasteiger partial charge in [-0.15, -0.1) is 0 Å². The minimum atomic E-state index is -5.06. The number of aromatic nitrogens is 3. The van der Waals surface area contributed by atoms with Gasteiger partial charge < -0.3 is 19.5 Å². The SMILES string of the molecule is Cc1nc(N[C@H](C)c2cc(NC(=O)OCc3ccccc3)cc(C(F)(F)F)c2F)c2cc(O[C@H]3CCOC3)c(=O)n(C)c2n1. The Hall–Kier alpha value is -4.72. The Morgan fingerprint density at radius 2 is 1.93 bits per heavy atom. The Morgan fingerprint density at radius 1 is 1.18 bits per heavy atom. The molecule has 0 radical (unpaired) electrons. The Kier molecular flexibility index (Phi) is 8.72. The van der Waals surface area contributed by atoms with E-state index in [0.29, 0.717) is 36.7 Å². The number of hydrogen-bond acceptors (Lipinski definition) is 8. The molecule has 0 bridgehead atoms. The molecule has 1 saturated heterocycles. The van der Waals surface area contributed by atoms with E-state index in [4.69, 9.17) is 14.2 Å². The minimum Gasteiger partial charge on any atom is -0.482 e. The van der Waals surface area contributed by atoms with Crippen LogP contribution in [0.2, 0.25) is 0 Å². The molecule has 4 aromatic rings. The van der Waals surface area contributed by atoms with Crippen LogP contribution in [0.4, 0.5) is 33.9 Å². The Bertz CT molecular complexity index is 1740. The number of pyridine rings is 1. The van der Waals surface area contributed by atoms with Crippen molar-refractivity contribution in [3.8, 4) is 5.75 Å². The van der Waals surface area contributed by atoms with Crippen LogP contribution in [-0.2, 0) is 29.3 Å². The number of alkyl halides is 3. The normalized spacial score (nSPS) is 15.7. The van der Waals surface area contributed by atoms with Crippen molar-refractivity contribution in [3.63, 3.8) is 0 Å². The average molecular weight is 616 g/mol. The third-order valence-corrected chi connectivity index (χ3v) is 7.01. The fraction of sp³-hybridized carbons (Fsp3) is 0.333. The maximum absolute atomic E-state index is 15.4. The number of fused-ring (bicyclic) bond motifs is 1. The van der Waals surface area contributed by atoms with Crippen LogP contribution in [0.25, 0.3) is 11.0 Å². The molecule has 1 fully saturated rings. The number of aryl methyl sites for hydroxylation is 2. The standard InChI is InChI=1S/C30H29F4N5O5/c1-16(35-26-22-13-24(44-20-9-10-42-15-20)28(40)39(3)27(22)37-17(2)36-26)21-11-19(12-23(25(21)31)30(32,33)34)38-29(41)43-14-18-7-5-4-6-8-18/h4-8,11-13,16,20H,9-10,14-15H2,1-3H3,(H,38,41)(H,35,36,37)/t16-,20+/m1/s1. The lowest BCUT2D eigenvalue weighted by Crippen LogP contribution is -2.26. The number of anilines is 2. The number of carbonyl (C=O) groups is 1. The van der Waals surface area contributed by atoms with Crippen LogP contribution in [0.1, 0.15) is 41.9 Å². The van der Waals surface area contributed by atoms with Gasteiger partial charge in [0.25, 0.3) is 5.56 Å². The molecule has 0 saturated carbocycles. The van der Waals surface area contributed by atoms with E-state index in [-0.39, 0.29) is 41.4 Å². The van der Waals surface area contributed by atoms with E-state index in [1.165, 1.54) is 24.6 Å². The van der Waals surface area contributed by atoms with E-state index in [1.54, 1.807) is 37.3 Å². The highest BCUT2D eigenvalue weighted by molar-refractivity contribution is 5.88. The first-order valence-electron chi connectivity index (χ1n) is 13.7. The summed E-state index contributed by atoms with van der Waals surface area (Å²) in [5.41, 5.74) is -1.82. The monoisotopic (exact) mass is 615 g/mol. The summed E-state index contributed by atoms with van der Waals surface area (Å²) in [5, 5.41) is 5.54. The van der Waals surface area contributed by atoms with E-state index >= 15 is 4.39 Å². The summed E-state index contributed by atoms with van der Waals surface area (Å²) >= 11 is 0. The molecule has 10 nitrogen and oxygen atoms in total. The molecule has 3 heterocycles. The predicted octanol–water partition coefficient (Wildman–Crippen LogP) is 5.88. The molecule has 44 heavy (non-hydrogen) atoms. The zero-order chi connectivity index (χ0) is 31.6. The predicted molar refractivity (Wildman–Crippen MR) is 153 cm³/mol. The van der Waals surface area contributed by atoms with Gasteiger partial charge in [-0.25, -0.2) is 19.2 Å². The Balaban J connectivity index is 1.47.